The van der Waals surface area contributed by atoms with Crippen molar-refractivity contribution in [3.8, 4) is 6.07 Å². The number of nitrogens with two attached hydrogens (primary N) is 2. The Morgan fingerprint density at radius 1 is 1.22 bits per heavy atom. The SMILES string of the molecule is N#CCCC(N)CCC(F)(F)CC/C(=C\N(N)c1ccc(F)cc1)C1=CCC(N2CCSCC2)C=C1. The maximum absolute atomic E-state index is 14.8. The van der Waals surface area contributed by atoms with Crippen molar-refractivity contribution in [1.82, 2.24) is 4.90 Å². The van der Waals surface area contributed by atoms with Crippen molar-refractivity contribution in [2.24, 2.45) is 11.6 Å². The lowest BCUT2D eigenvalue weighted by Gasteiger charge is -2.33. The number of alkyl halides is 2. The zero-order valence-corrected chi connectivity index (χ0v) is 21.4. The van der Waals surface area contributed by atoms with Crippen LogP contribution in [0.2, 0.25) is 0 Å². The molecular formula is C27H36F3N5S. The number of nitrogens with zero attached hydrogens (tertiary/aromatic N) is 3. The Morgan fingerprint density at radius 3 is 2.58 bits per heavy atom. The molecule has 4 N–H and O–H groups in total. The Bertz CT molecular complexity index is 965. The standard InChI is InChI=1S/C27H36F3N5S/c28-23-5-9-26(10-6-23)35(33)20-22(11-13-27(29,30)14-12-24(32)2-1-15-31)21-3-7-25(8-4-21)34-16-18-36-19-17-34/h3-7,9-10,20,24-25H,1-2,8,11-14,16-19,32-33H2/b22-20+. The second-order valence-electron chi connectivity index (χ2n) is 9.36. The zero-order valence-electron chi connectivity index (χ0n) is 20.6. The van der Waals surface area contributed by atoms with E-state index >= 15 is 0 Å². The highest BCUT2D eigenvalue weighted by molar-refractivity contribution is 7.99. The minimum Gasteiger partial charge on any atom is -0.328 e. The van der Waals surface area contributed by atoms with Crippen molar-refractivity contribution in [3.63, 3.8) is 0 Å². The number of hydrogen-bond acceptors (Lipinski definition) is 6. The molecule has 0 radical (unpaired) electrons. The summed E-state index contributed by atoms with van der Waals surface area (Å²) < 4.78 is 42.9. The summed E-state index contributed by atoms with van der Waals surface area (Å²) in [5, 5.41) is 10.0. The fourth-order valence-corrected chi connectivity index (χ4v) is 5.33. The van der Waals surface area contributed by atoms with Crippen LogP contribution in [0, 0.1) is 17.1 Å². The number of rotatable bonds is 12. The first-order chi connectivity index (χ1) is 17.3. The number of hydrogen-bond donors (Lipinski definition) is 2. The zero-order chi connectivity index (χ0) is 26.0. The molecule has 0 saturated carbocycles. The molecule has 0 spiro atoms. The number of halogens is 3. The molecule has 2 aliphatic rings. The molecule has 0 amide bonds. The second-order valence-corrected chi connectivity index (χ2v) is 10.6. The van der Waals surface area contributed by atoms with Crippen LogP contribution in [0.15, 0.2) is 59.8 Å². The number of allylic oxidation sites excluding steroid dienone is 3. The predicted octanol–water partition coefficient (Wildman–Crippen LogP) is 5.52. The maximum Gasteiger partial charge on any atom is 0.248 e. The van der Waals surface area contributed by atoms with Crippen molar-refractivity contribution in [2.75, 3.05) is 29.6 Å². The van der Waals surface area contributed by atoms with Crippen molar-refractivity contribution in [1.29, 1.82) is 5.26 Å². The lowest BCUT2D eigenvalue weighted by Crippen LogP contribution is -2.40. The van der Waals surface area contributed by atoms with Crippen LogP contribution in [0.5, 0.6) is 0 Å². The van der Waals surface area contributed by atoms with E-state index in [4.69, 9.17) is 16.8 Å². The Kier molecular flexibility index (Phi) is 10.9. The lowest BCUT2D eigenvalue weighted by atomic mass is 9.92. The van der Waals surface area contributed by atoms with E-state index in [1.165, 1.54) is 17.1 Å². The van der Waals surface area contributed by atoms with Gasteiger partial charge < -0.3 is 5.73 Å². The van der Waals surface area contributed by atoms with Crippen LogP contribution in [-0.4, -0.2) is 47.5 Å². The summed E-state index contributed by atoms with van der Waals surface area (Å²) in [5.41, 5.74) is 8.04. The average molecular weight is 520 g/mol. The molecule has 1 aliphatic carbocycles. The number of hydrazine groups is 1. The van der Waals surface area contributed by atoms with Crippen molar-refractivity contribution in [2.45, 2.75) is 63.0 Å². The van der Waals surface area contributed by atoms with Crippen molar-refractivity contribution >= 4 is 17.4 Å². The molecular weight excluding hydrogens is 483 g/mol. The molecule has 1 aliphatic heterocycles. The number of anilines is 1. The number of thioether (sulfide) groups is 1. The monoisotopic (exact) mass is 519 g/mol. The van der Waals surface area contributed by atoms with E-state index in [0.29, 0.717) is 23.7 Å². The molecule has 1 aromatic carbocycles. The van der Waals surface area contributed by atoms with E-state index in [1.807, 2.05) is 23.9 Å². The van der Waals surface area contributed by atoms with Gasteiger partial charge in [-0.3, -0.25) is 9.91 Å². The topological polar surface area (TPSA) is 82.3 Å². The first kappa shape index (κ1) is 28.3. The van der Waals surface area contributed by atoms with Crippen LogP contribution in [0.25, 0.3) is 0 Å². The molecule has 2 atom stereocenters. The fourth-order valence-electron chi connectivity index (χ4n) is 4.40. The highest BCUT2D eigenvalue weighted by Gasteiger charge is 2.30. The summed E-state index contributed by atoms with van der Waals surface area (Å²) in [5.74, 6) is 5.22. The van der Waals surface area contributed by atoms with Gasteiger partial charge in [0.15, 0.2) is 0 Å². The van der Waals surface area contributed by atoms with E-state index in [0.717, 1.165) is 36.6 Å². The smallest absolute Gasteiger partial charge is 0.248 e. The van der Waals surface area contributed by atoms with Crippen LogP contribution in [-0.2, 0) is 0 Å². The van der Waals surface area contributed by atoms with Crippen LogP contribution < -0.4 is 16.6 Å². The molecule has 196 valence electrons. The van der Waals surface area contributed by atoms with Crippen LogP contribution in [0.1, 0.15) is 44.9 Å². The molecule has 36 heavy (non-hydrogen) atoms. The van der Waals surface area contributed by atoms with Gasteiger partial charge in [0.25, 0.3) is 0 Å². The third-order valence-corrected chi connectivity index (χ3v) is 7.59. The van der Waals surface area contributed by atoms with Crippen LogP contribution in [0.3, 0.4) is 0 Å². The maximum atomic E-state index is 14.8. The molecule has 1 heterocycles. The number of nitriles is 1. The Hall–Kier alpha value is -2.25. The Balaban J connectivity index is 1.70. The average Bonchev–Trinajstić information content (AvgIpc) is 2.89. The highest BCUT2D eigenvalue weighted by Crippen LogP contribution is 2.33. The molecule has 1 aromatic rings. The molecule has 0 aromatic heterocycles. The van der Waals surface area contributed by atoms with Gasteiger partial charge >= 0.3 is 0 Å². The van der Waals surface area contributed by atoms with Gasteiger partial charge in [-0.15, -0.1) is 0 Å². The van der Waals surface area contributed by atoms with Crippen molar-refractivity contribution in [3.05, 3.63) is 65.7 Å². The molecule has 2 unspecified atom stereocenters. The van der Waals surface area contributed by atoms with Gasteiger partial charge in [0.2, 0.25) is 5.92 Å². The summed E-state index contributed by atoms with van der Waals surface area (Å²) in [6, 6.07) is 7.64. The largest absolute Gasteiger partial charge is 0.328 e. The minimum absolute atomic E-state index is 0.135. The first-order valence-corrected chi connectivity index (χ1v) is 13.6. The van der Waals surface area contributed by atoms with Crippen LogP contribution in [0.4, 0.5) is 18.9 Å². The summed E-state index contributed by atoms with van der Waals surface area (Å²) >= 11 is 1.97. The van der Waals surface area contributed by atoms with E-state index in [2.05, 4.69) is 17.1 Å². The summed E-state index contributed by atoms with van der Waals surface area (Å²) in [6.07, 6.45) is 9.10. The van der Waals surface area contributed by atoms with Gasteiger partial charge in [0.1, 0.15) is 5.82 Å². The second kappa shape index (κ2) is 13.9. The molecule has 3 rings (SSSR count). The normalized spacial score (nSPS) is 20.1. The highest BCUT2D eigenvalue weighted by atomic mass is 32.2. The quantitative estimate of drug-likeness (QED) is 0.280. The van der Waals surface area contributed by atoms with E-state index in [9.17, 15) is 13.2 Å². The predicted molar refractivity (Wildman–Crippen MR) is 142 cm³/mol. The first-order valence-electron chi connectivity index (χ1n) is 12.5. The van der Waals surface area contributed by atoms with Crippen molar-refractivity contribution < 1.29 is 13.2 Å². The van der Waals surface area contributed by atoms with Gasteiger partial charge in [-0.05, 0) is 61.1 Å². The molecule has 0 bridgehead atoms. The fraction of sp³-hybridized carbons (Fsp3) is 0.519. The van der Waals surface area contributed by atoms with Gasteiger partial charge in [-0.25, -0.2) is 19.0 Å². The van der Waals surface area contributed by atoms with Gasteiger partial charge in [0.05, 0.1) is 11.8 Å². The Morgan fingerprint density at radius 2 is 1.94 bits per heavy atom. The molecule has 1 saturated heterocycles. The summed E-state index contributed by atoms with van der Waals surface area (Å²) in [4.78, 5) is 2.46. The molecule has 1 fully saturated rings. The minimum atomic E-state index is -2.88. The van der Waals surface area contributed by atoms with E-state index < -0.39 is 12.0 Å². The van der Waals surface area contributed by atoms with Gasteiger partial charge in [0, 0.05) is 62.1 Å². The van der Waals surface area contributed by atoms with Gasteiger partial charge in [-0.1, -0.05) is 18.2 Å². The van der Waals surface area contributed by atoms with E-state index in [1.54, 1.807) is 18.3 Å². The van der Waals surface area contributed by atoms with Gasteiger partial charge in [-0.2, -0.15) is 17.0 Å². The third kappa shape index (κ3) is 9.00. The molecule has 5 nitrogen and oxygen atoms in total. The lowest BCUT2D eigenvalue weighted by molar-refractivity contribution is -0.0190. The van der Waals surface area contributed by atoms with E-state index in [-0.39, 0.29) is 37.9 Å². The summed E-state index contributed by atoms with van der Waals surface area (Å²) in [6.45, 7) is 2.10. The summed E-state index contributed by atoms with van der Waals surface area (Å²) in [7, 11) is 0. The number of benzene rings is 1. The van der Waals surface area contributed by atoms with Crippen LogP contribution >= 0.6 is 11.8 Å². The molecule has 9 heteroatoms. The Labute approximate surface area is 216 Å². The third-order valence-electron chi connectivity index (χ3n) is 6.65.